The zero-order chi connectivity index (χ0) is 28.9. The summed E-state index contributed by atoms with van der Waals surface area (Å²) in [6.07, 6.45) is -5.44. The first-order chi connectivity index (χ1) is 19.1. The van der Waals surface area contributed by atoms with Gasteiger partial charge in [-0.1, -0.05) is 43.3 Å². The Bertz CT molecular complexity index is 1510. The molecule has 0 aliphatic heterocycles. The molecule has 0 unspecified atom stereocenters. The summed E-state index contributed by atoms with van der Waals surface area (Å²) in [5, 5.41) is 17.0. The normalized spacial score (nSPS) is 11.2. The van der Waals surface area contributed by atoms with Crippen molar-refractivity contribution < 1.29 is 32.3 Å². The summed E-state index contributed by atoms with van der Waals surface area (Å²) in [7, 11) is 0. The number of hydrogen-bond acceptors (Lipinski definition) is 4. The molecule has 8 nitrogen and oxygen atoms in total. The van der Waals surface area contributed by atoms with E-state index in [9.17, 15) is 22.8 Å². The highest BCUT2D eigenvalue weighted by Gasteiger charge is 2.36. The van der Waals surface area contributed by atoms with Gasteiger partial charge in [-0.15, -0.1) is 0 Å². The van der Waals surface area contributed by atoms with Gasteiger partial charge < -0.3 is 20.6 Å². The number of alkyl halides is 3. The van der Waals surface area contributed by atoms with E-state index in [1.165, 1.54) is 30.3 Å². The Hall–Kier alpha value is -4.87. The van der Waals surface area contributed by atoms with Crippen LogP contribution in [-0.4, -0.2) is 33.4 Å². The fourth-order valence-electron chi connectivity index (χ4n) is 4.09. The summed E-state index contributed by atoms with van der Waals surface area (Å²) < 4.78 is 57.2. The van der Waals surface area contributed by atoms with E-state index in [1.54, 1.807) is 17.0 Å². The molecule has 0 aliphatic rings. The van der Waals surface area contributed by atoms with Gasteiger partial charge in [-0.2, -0.15) is 18.3 Å². The molecule has 4 rings (SSSR count). The number of carbonyl (C=O) groups excluding carboxylic acids is 1. The van der Waals surface area contributed by atoms with Crippen LogP contribution in [-0.2, 0) is 12.7 Å². The second kappa shape index (κ2) is 11.9. The van der Waals surface area contributed by atoms with Crippen molar-refractivity contribution in [1.29, 1.82) is 0 Å². The Balaban J connectivity index is 1.70. The second-order valence-corrected chi connectivity index (χ2v) is 8.73. The number of para-hydroxylation sites is 1. The zero-order valence-electron chi connectivity index (χ0n) is 21.2. The summed E-state index contributed by atoms with van der Waals surface area (Å²) in [5.41, 5.74) is -0.608. The van der Waals surface area contributed by atoms with E-state index in [4.69, 9.17) is 5.11 Å². The number of carboxylic acid groups (broad SMARTS) is 1. The van der Waals surface area contributed by atoms with Crippen molar-refractivity contribution in [2.75, 3.05) is 16.8 Å². The maximum atomic E-state index is 15.7. The van der Waals surface area contributed by atoms with Crippen molar-refractivity contribution in [2.45, 2.75) is 26.1 Å². The Morgan fingerprint density at radius 1 is 1.00 bits per heavy atom. The molecule has 0 saturated carbocycles. The molecule has 12 heteroatoms. The molecule has 4 aromatic rings. The van der Waals surface area contributed by atoms with Gasteiger partial charge in [-0.3, -0.25) is 4.79 Å². The van der Waals surface area contributed by atoms with Crippen LogP contribution in [0.2, 0.25) is 0 Å². The summed E-state index contributed by atoms with van der Waals surface area (Å²) in [5.74, 6) is -1.77. The second-order valence-electron chi connectivity index (χ2n) is 8.73. The van der Waals surface area contributed by atoms with Crippen LogP contribution in [0.5, 0.6) is 0 Å². The Labute approximate surface area is 226 Å². The van der Waals surface area contributed by atoms with E-state index >= 15 is 4.39 Å². The molecule has 0 bridgehead atoms. The molecule has 1 heterocycles. The fraction of sp³-hybridized carbons (Fsp3) is 0.179. The predicted octanol–water partition coefficient (Wildman–Crippen LogP) is 6.60. The van der Waals surface area contributed by atoms with E-state index in [-0.39, 0.29) is 23.6 Å². The topological polar surface area (TPSA) is 99.5 Å². The highest BCUT2D eigenvalue weighted by atomic mass is 19.4. The van der Waals surface area contributed by atoms with Crippen molar-refractivity contribution in [3.05, 3.63) is 102 Å². The molecule has 0 spiro atoms. The van der Waals surface area contributed by atoms with Crippen LogP contribution < -0.4 is 15.5 Å². The number of carbonyl (C=O) groups is 2. The lowest BCUT2D eigenvalue weighted by Gasteiger charge is -2.25. The molecule has 40 heavy (non-hydrogen) atoms. The van der Waals surface area contributed by atoms with E-state index in [1.807, 2.05) is 37.3 Å². The minimum Gasteiger partial charge on any atom is -0.465 e. The number of halogens is 4. The van der Waals surface area contributed by atoms with Gasteiger partial charge in [0.15, 0.2) is 11.5 Å². The van der Waals surface area contributed by atoms with Crippen LogP contribution in [0.1, 0.15) is 35.1 Å². The molecule has 0 atom stereocenters. The fourth-order valence-corrected chi connectivity index (χ4v) is 4.09. The van der Waals surface area contributed by atoms with E-state index in [0.29, 0.717) is 24.6 Å². The summed E-state index contributed by atoms with van der Waals surface area (Å²) in [6, 6.07) is 19.9. The van der Waals surface area contributed by atoms with Crippen molar-refractivity contribution in [3.63, 3.8) is 0 Å². The number of benzene rings is 3. The number of aromatic nitrogens is 2. The maximum absolute atomic E-state index is 15.7. The lowest BCUT2D eigenvalue weighted by molar-refractivity contribution is -0.141. The van der Waals surface area contributed by atoms with Crippen molar-refractivity contribution >= 4 is 29.1 Å². The molecule has 0 radical (unpaired) electrons. The van der Waals surface area contributed by atoms with Gasteiger partial charge in [0.1, 0.15) is 5.69 Å². The molecular formula is C28H25F4N5O3. The maximum Gasteiger partial charge on any atom is 0.435 e. The van der Waals surface area contributed by atoms with Crippen LogP contribution in [0.4, 0.5) is 39.4 Å². The smallest absolute Gasteiger partial charge is 0.435 e. The Morgan fingerprint density at radius 2 is 1.73 bits per heavy atom. The minimum atomic E-state index is -4.86. The first-order valence-electron chi connectivity index (χ1n) is 12.2. The largest absolute Gasteiger partial charge is 0.465 e. The van der Waals surface area contributed by atoms with Crippen LogP contribution in [0.15, 0.2) is 78.9 Å². The minimum absolute atomic E-state index is 0.0813. The third-order valence-electron chi connectivity index (χ3n) is 5.86. The van der Waals surface area contributed by atoms with Crippen LogP contribution in [0.25, 0.3) is 5.69 Å². The molecular weight excluding hydrogens is 530 g/mol. The molecule has 1 aromatic heterocycles. The molecule has 0 aliphatic carbocycles. The molecule has 3 aromatic carbocycles. The number of nitrogens with zero attached hydrogens (tertiary/aromatic N) is 3. The van der Waals surface area contributed by atoms with Crippen LogP contribution in [0.3, 0.4) is 0 Å². The zero-order valence-corrected chi connectivity index (χ0v) is 21.2. The lowest BCUT2D eigenvalue weighted by atomic mass is 10.2. The van der Waals surface area contributed by atoms with Gasteiger partial charge in [0.25, 0.3) is 5.91 Å². The number of hydrogen-bond donors (Lipinski definition) is 3. The Morgan fingerprint density at radius 3 is 2.40 bits per heavy atom. The molecule has 0 fully saturated rings. The van der Waals surface area contributed by atoms with E-state index in [0.717, 1.165) is 10.4 Å². The highest BCUT2D eigenvalue weighted by Crippen LogP contribution is 2.33. The van der Waals surface area contributed by atoms with E-state index < -0.39 is 35.4 Å². The third-order valence-corrected chi connectivity index (χ3v) is 5.86. The van der Waals surface area contributed by atoms with Crippen LogP contribution in [0, 0.1) is 5.82 Å². The van der Waals surface area contributed by atoms with Crippen molar-refractivity contribution in [3.8, 4) is 5.69 Å². The average molecular weight is 556 g/mol. The molecule has 208 valence electrons. The van der Waals surface area contributed by atoms with E-state index in [2.05, 4.69) is 15.7 Å². The Kier molecular flexibility index (Phi) is 8.37. The van der Waals surface area contributed by atoms with Gasteiger partial charge in [0, 0.05) is 24.8 Å². The van der Waals surface area contributed by atoms with Crippen LogP contribution >= 0.6 is 0 Å². The summed E-state index contributed by atoms with van der Waals surface area (Å²) in [6.45, 7) is 2.30. The van der Waals surface area contributed by atoms with Crippen molar-refractivity contribution in [2.24, 2.45) is 0 Å². The quantitative estimate of drug-likeness (QED) is 0.202. The lowest BCUT2D eigenvalue weighted by Crippen LogP contribution is -2.21. The first kappa shape index (κ1) is 28.1. The molecule has 2 amide bonds. The first-order valence-corrected chi connectivity index (χ1v) is 12.2. The monoisotopic (exact) mass is 555 g/mol. The van der Waals surface area contributed by atoms with Gasteiger partial charge in [-0.25, -0.2) is 13.9 Å². The number of amides is 2. The average Bonchev–Trinajstić information content (AvgIpc) is 3.39. The SMILES string of the molecule is CCCN(c1ccccc1)c1cccc(NC(=O)c2cc(C(F)(F)F)nn2-c2cccc(CNC(=O)O)c2)c1F. The molecule has 3 N–H and O–H groups in total. The van der Waals surface area contributed by atoms with Crippen molar-refractivity contribution in [1.82, 2.24) is 15.1 Å². The van der Waals surface area contributed by atoms with Gasteiger partial charge >= 0.3 is 12.3 Å². The number of anilines is 3. The standard InChI is InChI=1S/C28H25F4N5O3/c1-2-14-36(19-9-4-3-5-10-19)22-13-7-12-21(25(22)29)34-26(38)23-16-24(28(30,31)32)35-37(23)20-11-6-8-18(15-20)17-33-27(39)40/h3-13,15-16,33H,2,14,17H2,1H3,(H,34,38)(H,39,40). The summed E-state index contributed by atoms with van der Waals surface area (Å²) in [4.78, 5) is 25.8. The van der Waals surface area contributed by atoms with Gasteiger partial charge in [0.05, 0.1) is 17.1 Å². The summed E-state index contributed by atoms with van der Waals surface area (Å²) >= 11 is 0. The van der Waals surface area contributed by atoms with Gasteiger partial charge in [-0.05, 0) is 48.4 Å². The third kappa shape index (κ3) is 6.40. The molecule has 0 saturated heterocycles. The number of rotatable bonds is 9. The number of nitrogens with one attached hydrogen (secondary N) is 2. The highest BCUT2D eigenvalue weighted by molar-refractivity contribution is 6.04. The predicted molar refractivity (Wildman–Crippen MR) is 142 cm³/mol. The van der Waals surface area contributed by atoms with Gasteiger partial charge in [0.2, 0.25) is 0 Å².